The summed E-state index contributed by atoms with van der Waals surface area (Å²) in [6, 6.07) is -1.19. The van der Waals surface area contributed by atoms with Crippen LogP contribution in [0.1, 0.15) is 0 Å². The molecule has 0 aliphatic carbocycles. The van der Waals surface area contributed by atoms with Crippen molar-refractivity contribution in [2.24, 2.45) is 0 Å². The molecule has 0 spiro atoms. The highest BCUT2D eigenvalue weighted by atomic mass is 32.8. The van der Waals surface area contributed by atoms with Crippen LogP contribution in [-0.2, 0) is 24.9 Å². The summed E-state index contributed by atoms with van der Waals surface area (Å²) >= 11 is 7.66. The van der Waals surface area contributed by atoms with Gasteiger partial charge in [0.15, 0.2) is 0 Å². The smallest absolute Gasteiger partial charge is 0.322 e. The molecule has 0 saturated carbocycles. The average molecular weight is 217 g/mol. The van der Waals surface area contributed by atoms with E-state index < -0.39 is 21.0 Å². The van der Waals surface area contributed by atoms with Crippen LogP contribution in [0.5, 0.6) is 0 Å². The van der Waals surface area contributed by atoms with Crippen LogP contribution in [0.15, 0.2) is 0 Å². The Morgan fingerprint density at radius 1 is 1.82 bits per heavy atom. The topological polar surface area (TPSA) is 86.6 Å². The minimum atomic E-state index is -3.63. The third-order valence-corrected chi connectivity index (χ3v) is 2.01. The molecule has 1 unspecified atom stereocenters. The Hall–Kier alpha value is 0.110. The molecule has 0 amide bonds. The molecule has 0 fully saturated rings. The highest BCUT2D eigenvalue weighted by molar-refractivity contribution is 8.28. The van der Waals surface area contributed by atoms with Crippen LogP contribution in [-0.4, -0.2) is 31.6 Å². The van der Waals surface area contributed by atoms with E-state index in [0.29, 0.717) is 0 Å². The monoisotopic (exact) mass is 217 g/mol. The van der Waals surface area contributed by atoms with Crippen LogP contribution in [0, 0.1) is 0 Å². The fourth-order valence-electron chi connectivity index (χ4n) is 0.346. The molecule has 66 valence electrons. The van der Waals surface area contributed by atoms with Gasteiger partial charge >= 0.3 is 5.97 Å². The number of thiol groups is 1. The number of carboxylic acid groups (broad SMARTS) is 1. The zero-order chi connectivity index (χ0) is 9.07. The van der Waals surface area contributed by atoms with Crippen molar-refractivity contribution < 1.29 is 18.7 Å². The van der Waals surface area contributed by atoms with E-state index in [2.05, 4.69) is 23.8 Å². The summed E-state index contributed by atoms with van der Waals surface area (Å²) in [7, 11) is -3.63. The second kappa shape index (κ2) is 4.21. The number of hydrogen-bond acceptors (Lipinski definition) is 4. The second-order valence-electron chi connectivity index (χ2n) is 1.67. The van der Waals surface area contributed by atoms with Gasteiger partial charge in [-0.25, -0.2) is 4.21 Å². The van der Waals surface area contributed by atoms with E-state index in [9.17, 15) is 9.00 Å². The largest absolute Gasteiger partial charge is 0.480 e. The van der Waals surface area contributed by atoms with Crippen LogP contribution in [0.2, 0.25) is 0 Å². The van der Waals surface area contributed by atoms with Crippen molar-refractivity contribution >= 4 is 38.7 Å². The number of hydrogen-bond donors (Lipinski definition) is 4. The number of carboxylic acids is 1. The Kier molecular flexibility index (Phi) is 4.26. The first-order chi connectivity index (χ1) is 4.87. The fraction of sp³-hybridized carbons (Fsp3) is 0.667. The van der Waals surface area contributed by atoms with Gasteiger partial charge in [-0.1, -0.05) is 0 Å². The molecular weight excluding hydrogens is 210 g/mol. The molecule has 0 aliphatic heterocycles. The molecule has 3 N–H and O–H groups in total. The van der Waals surface area contributed by atoms with Crippen molar-refractivity contribution in [1.29, 1.82) is 0 Å². The zero-order valence-corrected chi connectivity index (χ0v) is 7.79. The van der Waals surface area contributed by atoms with Gasteiger partial charge in [-0.3, -0.25) is 9.35 Å². The standard InChI is InChI=1S/C3H7NO4S3/c5-3(6)2(1-9)4-11(7,8)10/h2,4,9H,1H2,(H,5,6)(H,7,8,10)/t2-/m0/s1. The van der Waals surface area contributed by atoms with E-state index in [0.717, 1.165) is 0 Å². The molecule has 0 heterocycles. The quantitative estimate of drug-likeness (QED) is 0.458. The Balaban J connectivity index is 4.22. The number of rotatable bonds is 4. The van der Waals surface area contributed by atoms with Gasteiger partial charge in [-0.2, -0.15) is 17.4 Å². The Labute approximate surface area is 74.2 Å². The molecule has 0 aromatic carbocycles. The van der Waals surface area contributed by atoms with E-state index in [1.165, 1.54) is 0 Å². The van der Waals surface area contributed by atoms with Gasteiger partial charge in [0.05, 0.1) is 0 Å². The Morgan fingerprint density at radius 2 is 2.27 bits per heavy atom. The first-order valence-corrected chi connectivity index (χ1v) is 5.52. The summed E-state index contributed by atoms with van der Waals surface area (Å²) in [4.78, 5) is 10.2. The zero-order valence-electron chi connectivity index (χ0n) is 5.26. The van der Waals surface area contributed by atoms with Crippen LogP contribution in [0.25, 0.3) is 0 Å². The molecule has 2 atom stereocenters. The summed E-state index contributed by atoms with van der Waals surface area (Å²) in [5, 5.41) is 8.34. The van der Waals surface area contributed by atoms with Crippen molar-refractivity contribution in [1.82, 2.24) is 4.72 Å². The Morgan fingerprint density at radius 3 is 2.36 bits per heavy atom. The molecule has 0 aromatic heterocycles. The van der Waals surface area contributed by atoms with Crippen LogP contribution in [0.4, 0.5) is 0 Å². The minimum Gasteiger partial charge on any atom is -0.480 e. The summed E-state index contributed by atoms with van der Waals surface area (Å²) in [5.41, 5.74) is 0. The van der Waals surface area contributed by atoms with Crippen LogP contribution >= 0.6 is 12.6 Å². The van der Waals surface area contributed by atoms with E-state index in [1.54, 1.807) is 0 Å². The maximum Gasteiger partial charge on any atom is 0.322 e. The number of aliphatic carboxylic acids is 1. The van der Waals surface area contributed by atoms with Crippen molar-refractivity contribution in [2.75, 3.05) is 5.75 Å². The van der Waals surface area contributed by atoms with Gasteiger partial charge in [-0.15, -0.1) is 0 Å². The second-order valence-corrected chi connectivity index (χ2v) is 4.57. The van der Waals surface area contributed by atoms with E-state index in [1.807, 2.05) is 4.72 Å². The van der Waals surface area contributed by atoms with Crippen LogP contribution < -0.4 is 4.72 Å². The maximum absolute atomic E-state index is 10.4. The minimum absolute atomic E-state index is 0.0937. The van der Waals surface area contributed by atoms with Crippen molar-refractivity contribution in [3.05, 3.63) is 0 Å². The lowest BCUT2D eigenvalue weighted by atomic mass is 10.4. The lowest BCUT2D eigenvalue weighted by Crippen LogP contribution is -2.41. The van der Waals surface area contributed by atoms with Crippen molar-refractivity contribution in [3.63, 3.8) is 0 Å². The van der Waals surface area contributed by atoms with Crippen LogP contribution in [0.3, 0.4) is 0 Å². The third-order valence-electron chi connectivity index (χ3n) is 0.772. The third kappa shape index (κ3) is 5.39. The van der Waals surface area contributed by atoms with E-state index >= 15 is 0 Å². The molecule has 0 bridgehead atoms. The highest BCUT2D eigenvalue weighted by Gasteiger charge is 2.18. The van der Waals surface area contributed by atoms with Gasteiger partial charge in [0.2, 0.25) is 8.96 Å². The highest BCUT2D eigenvalue weighted by Crippen LogP contribution is 1.90. The molecule has 11 heavy (non-hydrogen) atoms. The molecule has 0 radical (unpaired) electrons. The molecule has 5 nitrogen and oxygen atoms in total. The molecule has 0 rings (SSSR count). The first kappa shape index (κ1) is 11.1. The normalized spacial score (nSPS) is 18.7. The summed E-state index contributed by atoms with van der Waals surface area (Å²) in [5.74, 6) is -1.35. The number of nitrogens with one attached hydrogen (secondary N) is 1. The van der Waals surface area contributed by atoms with E-state index in [-0.39, 0.29) is 5.75 Å². The van der Waals surface area contributed by atoms with Gasteiger partial charge in [0.1, 0.15) is 6.04 Å². The first-order valence-electron chi connectivity index (χ1n) is 2.45. The SMILES string of the molecule is O=C(O)[C@H](CS)NS(=O)(O)=S. The van der Waals surface area contributed by atoms with Gasteiger partial charge in [-0.05, 0) is 0 Å². The lowest BCUT2D eigenvalue weighted by Gasteiger charge is -2.09. The molecular formula is C3H7NO4S3. The summed E-state index contributed by atoms with van der Waals surface area (Å²) in [6.45, 7) is 0. The molecule has 8 heteroatoms. The van der Waals surface area contributed by atoms with Crippen molar-refractivity contribution in [3.8, 4) is 0 Å². The van der Waals surface area contributed by atoms with Gasteiger partial charge in [0.25, 0.3) is 0 Å². The Bertz CT molecular complexity index is 235. The molecule has 0 aromatic rings. The summed E-state index contributed by atoms with van der Waals surface area (Å²) < 4.78 is 20.8. The predicted octanol–water partition coefficient (Wildman–Crippen LogP) is -0.907. The molecule has 0 aliphatic rings. The van der Waals surface area contributed by atoms with Gasteiger partial charge in [0, 0.05) is 16.9 Å². The fourth-order valence-corrected chi connectivity index (χ4v) is 1.61. The summed E-state index contributed by atoms with van der Waals surface area (Å²) in [6.07, 6.45) is 0. The lowest BCUT2D eigenvalue weighted by molar-refractivity contribution is -0.138. The average Bonchev–Trinajstić information content (AvgIpc) is 1.80. The number of carbonyl (C=O) groups is 1. The predicted molar refractivity (Wildman–Crippen MR) is 46.5 cm³/mol. The van der Waals surface area contributed by atoms with E-state index in [4.69, 9.17) is 9.66 Å². The van der Waals surface area contributed by atoms with Crippen molar-refractivity contribution in [2.45, 2.75) is 6.04 Å². The molecule has 0 saturated heterocycles. The maximum atomic E-state index is 10.4. The van der Waals surface area contributed by atoms with Gasteiger partial charge < -0.3 is 5.11 Å².